The van der Waals surface area contributed by atoms with Crippen molar-refractivity contribution < 1.29 is 0 Å². The predicted molar refractivity (Wildman–Crippen MR) is 110 cm³/mol. The smallest absolute Gasteiger partial charge is 0.198 e. The predicted octanol–water partition coefficient (Wildman–Crippen LogP) is 3.57. The van der Waals surface area contributed by atoms with E-state index < -0.39 is 0 Å². The van der Waals surface area contributed by atoms with Gasteiger partial charge in [0.05, 0.1) is 0 Å². The minimum atomic E-state index is -0.0486. The topological polar surface area (TPSA) is 125 Å². The molecular formula is C22H8N8. The third-order valence-electron chi connectivity index (χ3n) is 5.07. The summed E-state index contributed by atoms with van der Waals surface area (Å²) in [6, 6.07) is 15.8. The Morgan fingerprint density at radius 1 is 0.600 bits per heavy atom. The summed E-state index contributed by atoms with van der Waals surface area (Å²) < 4.78 is 0. The highest BCUT2D eigenvalue weighted by molar-refractivity contribution is 6.28. The minimum Gasteiger partial charge on any atom is -0.232 e. The third kappa shape index (κ3) is 2.07. The maximum Gasteiger partial charge on any atom is 0.198 e. The van der Waals surface area contributed by atoms with Gasteiger partial charge < -0.3 is 0 Å². The van der Waals surface area contributed by atoms with Crippen LogP contribution in [0.25, 0.3) is 54.9 Å². The van der Waals surface area contributed by atoms with Crippen molar-refractivity contribution in [3.63, 3.8) is 0 Å². The van der Waals surface area contributed by atoms with Crippen LogP contribution < -0.4 is 0 Å². The third-order valence-corrected chi connectivity index (χ3v) is 5.07. The fourth-order valence-electron chi connectivity index (χ4n) is 3.81. The van der Waals surface area contributed by atoms with Gasteiger partial charge in [0.15, 0.2) is 22.7 Å². The number of benzene rings is 3. The first-order valence-electron chi connectivity index (χ1n) is 9.02. The summed E-state index contributed by atoms with van der Waals surface area (Å²) in [5, 5.41) is 22.5. The molecule has 0 bridgehead atoms. The fourth-order valence-corrected chi connectivity index (χ4v) is 3.81. The number of aromatic nitrogens is 6. The van der Waals surface area contributed by atoms with Crippen LogP contribution in [0.5, 0.6) is 0 Å². The maximum absolute atomic E-state index is 9.46. The van der Waals surface area contributed by atoms with Gasteiger partial charge in [0.25, 0.3) is 0 Å². The van der Waals surface area contributed by atoms with Crippen LogP contribution in [0, 0.1) is 22.7 Å². The highest BCUT2D eigenvalue weighted by Gasteiger charge is 2.19. The zero-order valence-corrected chi connectivity index (χ0v) is 15.2. The Kier molecular flexibility index (Phi) is 3.14. The molecule has 0 fully saturated rings. The number of nitrogens with zero attached hydrogens (tertiary/aromatic N) is 8. The van der Waals surface area contributed by atoms with Gasteiger partial charge in [-0.1, -0.05) is 36.4 Å². The highest BCUT2D eigenvalue weighted by atomic mass is 15.0. The first-order chi connectivity index (χ1) is 14.8. The van der Waals surface area contributed by atoms with E-state index in [0.717, 1.165) is 21.5 Å². The monoisotopic (exact) mass is 384 g/mol. The van der Waals surface area contributed by atoms with E-state index in [2.05, 4.69) is 24.9 Å². The molecule has 6 rings (SSSR count). The van der Waals surface area contributed by atoms with Crippen LogP contribution in [0.4, 0.5) is 0 Å². The van der Waals surface area contributed by atoms with Crippen LogP contribution in [-0.4, -0.2) is 29.9 Å². The molecule has 0 aliphatic rings. The fraction of sp³-hybridized carbons (Fsp3) is 0. The molecule has 3 heterocycles. The van der Waals surface area contributed by atoms with Crippen molar-refractivity contribution in [2.45, 2.75) is 0 Å². The number of hydrogen-bond donors (Lipinski definition) is 0. The summed E-state index contributed by atoms with van der Waals surface area (Å²) in [6.45, 7) is 0. The Balaban J connectivity index is 2.00. The number of hydrogen-bond acceptors (Lipinski definition) is 8. The molecule has 0 saturated heterocycles. The Morgan fingerprint density at radius 2 is 1.23 bits per heavy atom. The lowest BCUT2D eigenvalue weighted by Crippen LogP contribution is -2.00. The van der Waals surface area contributed by atoms with Gasteiger partial charge >= 0.3 is 0 Å². The van der Waals surface area contributed by atoms with E-state index in [0.29, 0.717) is 33.4 Å². The van der Waals surface area contributed by atoms with Crippen LogP contribution in [0.15, 0.2) is 48.8 Å². The largest absolute Gasteiger partial charge is 0.232 e. The van der Waals surface area contributed by atoms with E-state index in [1.54, 1.807) is 12.4 Å². The molecule has 0 spiro atoms. The molecule has 136 valence electrons. The second-order valence-corrected chi connectivity index (χ2v) is 6.68. The Hall–Kier alpha value is -4.82. The second kappa shape index (κ2) is 5.84. The molecule has 0 saturated carbocycles. The van der Waals surface area contributed by atoms with Crippen molar-refractivity contribution in [1.82, 2.24) is 29.9 Å². The molecule has 8 nitrogen and oxygen atoms in total. The summed E-state index contributed by atoms with van der Waals surface area (Å²) in [6.07, 6.45) is 3.11. The van der Waals surface area contributed by atoms with E-state index in [9.17, 15) is 10.5 Å². The zero-order valence-electron chi connectivity index (χ0n) is 15.2. The van der Waals surface area contributed by atoms with Crippen LogP contribution in [0.1, 0.15) is 11.4 Å². The highest BCUT2D eigenvalue weighted by Crippen LogP contribution is 2.36. The van der Waals surface area contributed by atoms with E-state index in [4.69, 9.17) is 4.98 Å². The molecule has 30 heavy (non-hydrogen) atoms. The zero-order chi connectivity index (χ0) is 20.2. The lowest BCUT2D eigenvalue weighted by atomic mass is 9.98. The molecule has 0 aliphatic heterocycles. The summed E-state index contributed by atoms with van der Waals surface area (Å²) in [5.41, 5.74) is 2.69. The van der Waals surface area contributed by atoms with Crippen molar-refractivity contribution in [1.29, 1.82) is 10.5 Å². The van der Waals surface area contributed by atoms with Crippen molar-refractivity contribution in [2.24, 2.45) is 0 Å². The van der Waals surface area contributed by atoms with Gasteiger partial charge in [-0.3, -0.25) is 0 Å². The van der Waals surface area contributed by atoms with Crippen LogP contribution >= 0.6 is 0 Å². The SMILES string of the molecule is N#Cc1nc2c3ccc4ccccc4c3c3nc4nccnc4nc3c2nc1C#N. The van der Waals surface area contributed by atoms with Crippen molar-refractivity contribution >= 4 is 54.9 Å². The quantitative estimate of drug-likeness (QED) is 0.287. The van der Waals surface area contributed by atoms with Crippen LogP contribution in [-0.2, 0) is 0 Å². The molecular weight excluding hydrogens is 376 g/mol. The molecule has 6 aromatic rings. The van der Waals surface area contributed by atoms with E-state index in [1.165, 1.54) is 0 Å². The molecule has 0 unspecified atom stereocenters. The maximum atomic E-state index is 9.46. The van der Waals surface area contributed by atoms with E-state index >= 15 is 0 Å². The normalized spacial score (nSPS) is 11.3. The van der Waals surface area contributed by atoms with E-state index in [-0.39, 0.29) is 11.4 Å². The van der Waals surface area contributed by atoms with Crippen LogP contribution in [0.2, 0.25) is 0 Å². The van der Waals surface area contributed by atoms with Gasteiger partial charge in [-0.2, -0.15) is 10.5 Å². The van der Waals surface area contributed by atoms with Crippen LogP contribution in [0.3, 0.4) is 0 Å². The molecule has 0 atom stereocenters. The summed E-state index contributed by atoms with van der Waals surface area (Å²) in [4.78, 5) is 26.9. The van der Waals surface area contributed by atoms with Gasteiger partial charge in [0.2, 0.25) is 0 Å². The first kappa shape index (κ1) is 16.2. The van der Waals surface area contributed by atoms with Gasteiger partial charge in [-0.25, -0.2) is 29.9 Å². The van der Waals surface area contributed by atoms with E-state index in [1.807, 2.05) is 48.5 Å². The lowest BCUT2D eigenvalue weighted by Gasteiger charge is -2.11. The molecule has 0 N–H and O–H groups in total. The Bertz CT molecular complexity index is 1740. The Labute approximate surface area is 168 Å². The summed E-state index contributed by atoms with van der Waals surface area (Å²) in [7, 11) is 0. The molecule has 3 aromatic heterocycles. The first-order valence-corrected chi connectivity index (χ1v) is 9.02. The molecule has 3 aromatic carbocycles. The molecule has 0 aliphatic carbocycles. The standard InChI is InChI=1S/C22H8N8/c23-9-14-15(10-24)28-19-17(27-14)13-6-5-11-3-1-2-4-12(11)16(13)18-20(19)30-22-21(29-18)25-7-8-26-22/h1-8H. The lowest BCUT2D eigenvalue weighted by molar-refractivity contribution is 1.19. The number of rotatable bonds is 0. The van der Waals surface area contributed by atoms with Crippen molar-refractivity contribution in [3.8, 4) is 12.1 Å². The molecule has 0 radical (unpaired) electrons. The van der Waals surface area contributed by atoms with Crippen molar-refractivity contribution in [2.75, 3.05) is 0 Å². The van der Waals surface area contributed by atoms with Gasteiger partial charge in [-0.15, -0.1) is 0 Å². The average molecular weight is 384 g/mol. The molecule has 0 amide bonds. The minimum absolute atomic E-state index is 0.0210. The number of nitriles is 2. The Morgan fingerprint density at radius 3 is 1.97 bits per heavy atom. The second-order valence-electron chi connectivity index (χ2n) is 6.68. The van der Waals surface area contributed by atoms with Crippen molar-refractivity contribution in [3.05, 3.63) is 60.2 Å². The number of fused-ring (bicyclic) bond motifs is 9. The molecule has 8 heteroatoms. The van der Waals surface area contributed by atoms with Gasteiger partial charge in [0, 0.05) is 23.2 Å². The summed E-state index contributed by atoms with van der Waals surface area (Å²) >= 11 is 0. The van der Waals surface area contributed by atoms with Gasteiger partial charge in [0.1, 0.15) is 34.2 Å². The summed E-state index contributed by atoms with van der Waals surface area (Å²) in [5.74, 6) is 0. The average Bonchev–Trinajstić information content (AvgIpc) is 2.81. The van der Waals surface area contributed by atoms with Gasteiger partial charge in [-0.05, 0) is 10.8 Å².